The lowest BCUT2D eigenvalue weighted by Crippen LogP contribution is -2.38. The van der Waals surface area contributed by atoms with Crippen LogP contribution < -0.4 is 0 Å². The summed E-state index contributed by atoms with van der Waals surface area (Å²) < 4.78 is 2.03. The van der Waals surface area contributed by atoms with E-state index in [1.807, 2.05) is 38.6 Å². The molecular formula is C21H24N6O2. The highest BCUT2D eigenvalue weighted by Gasteiger charge is 2.28. The van der Waals surface area contributed by atoms with Gasteiger partial charge in [-0.1, -0.05) is 6.07 Å². The second kappa shape index (κ2) is 7.35. The Bertz CT molecular complexity index is 1040. The summed E-state index contributed by atoms with van der Waals surface area (Å²) >= 11 is 0. The topological polar surface area (TPSA) is 86.6 Å². The van der Waals surface area contributed by atoms with Gasteiger partial charge in [0.2, 0.25) is 0 Å². The Morgan fingerprint density at radius 3 is 2.52 bits per heavy atom. The van der Waals surface area contributed by atoms with Gasteiger partial charge >= 0.3 is 0 Å². The normalized spacial score (nSPS) is 17.9. The van der Waals surface area contributed by atoms with Crippen LogP contribution in [0, 0.1) is 0 Å². The number of hydrogen-bond acceptors (Lipinski definition) is 4. The van der Waals surface area contributed by atoms with Crippen molar-refractivity contribution in [1.82, 2.24) is 29.4 Å². The lowest BCUT2D eigenvalue weighted by Gasteiger charge is -2.31. The number of piperidine rings is 1. The van der Waals surface area contributed by atoms with Gasteiger partial charge in [-0.2, -0.15) is 0 Å². The van der Waals surface area contributed by atoms with Crippen molar-refractivity contribution in [1.29, 1.82) is 0 Å². The smallest absolute Gasteiger partial charge is 0.270 e. The maximum Gasteiger partial charge on any atom is 0.270 e. The Hall–Kier alpha value is -3.16. The monoisotopic (exact) mass is 392 g/mol. The first-order valence-electron chi connectivity index (χ1n) is 10.3. The van der Waals surface area contributed by atoms with E-state index in [2.05, 4.69) is 15.2 Å². The van der Waals surface area contributed by atoms with Gasteiger partial charge in [0, 0.05) is 44.5 Å². The van der Waals surface area contributed by atoms with Crippen molar-refractivity contribution in [2.24, 2.45) is 0 Å². The van der Waals surface area contributed by atoms with Crippen LogP contribution >= 0.6 is 0 Å². The molecule has 0 atom stereocenters. The third-order valence-electron chi connectivity index (χ3n) is 6.04. The number of nitrogens with zero attached hydrogens (tertiary/aromatic N) is 5. The number of nitrogens with one attached hydrogen (secondary N) is 1. The molecule has 29 heavy (non-hydrogen) atoms. The molecule has 2 aliphatic heterocycles. The van der Waals surface area contributed by atoms with Crippen LogP contribution in [0.3, 0.4) is 0 Å². The van der Waals surface area contributed by atoms with E-state index < -0.39 is 0 Å². The second-order valence-corrected chi connectivity index (χ2v) is 7.85. The highest BCUT2D eigenvalue weighted by atomic mass is 16.2. The van der Waals surface area contributed by atoms with E-state index in [1.54, 1.807) is 12.3 Å². The molecule has 5 heterocycles. The quantitative estimate of drug-likeness (QED) is 0.741. The average Bonchev–Trinajstić information content (AvgIpc) is 3.53. The van der Waals surface area contributed by atoms with Gasteiger partial charge in [0.05, 0.1) is 5.56 Å². The number of carbonyl (C=O) groups excluding carboxylic acids is 2. The van der Waals surface area contributed by atoms with Crippen LogP contribution in [0.25, 0.3) is 5.65 Å². The molecule has 3 aromatic heterocycles. The number of carbonyl (C=O) groups is 2. The molecule has 2 amide bonds. The number of rotatable bonds is 3. The minimum atomic E-state index is -0.0220. The lowest BCUT2D eigenvalue weighted by atomic mass is 9.95. The van der Waals surface area contributed by atoms with Gasteiger partial charge in [-0.15, -0.1) is 10.2 Å². The van der Waals surface area contributed by atoms with Gasteiger partial charge in [0.25, 0.3) is 11.8 Å². The fourth-order valence-corrected chi connectivity index (χ4v) is 4.39. The minimum absolute atomic E-state index is 0.0149. The summed E-state index contributed by atoms with van der Waals surface area (Å²) in [7, 11) is 0. The van der Waals surface area contributed by atoms with Crippen molar-refractivity contribution >= 4 is 17.5 Å². The Morgan fingerprint density at radius 1 is 0.966 bits per heavy atom. The molecule has 0 spiro atoms. The summed E-state index contributed by atoms with van der Waals surface area (Å²) in [6, 6.07) is 7.57. The van der Waals surface area contributed by atoms with Crippen molar-refractivity contribution < 1.29 is 9.59 Å². The molecule has 1 N–H and O–H groups in total. The molecule has 8 heteroatoms. The molecular weight excluding hydrogens is 368 g/mol. The van der Waals surface area contributed by atoms with Crippen LogP contribution in [-0.2, 0) is 0 Å². The first-order valence-corrected chi connectivity index (χ1v) is 10.3. The first kappa shape index (κ1) is 17.9. The minimum Gasteiger partial charge on any atom is -0.356 e. The average molecular weight is 392 g/mol. The largest absolute Gasteiger partial charge is 0.356 e. The summed E-state index contributed by atoms with van der Waals surface area (Å²) in [6.07, 6.45) is 7.45. The Balaban J connectivity index is 1.24. The molecule has 8 nitrogen and oxygen atoms in total. The van der Waals surface area contributed by atoms with Crippen molar-refractivity contribution in [2.45, 2.75) is 31.6 Å². The first-order chi connectivity index (χ1) is 14.2. The summed E-state index contributed by atoms with van der Waals surface area (Å²) in [4.78, 5) is 32.1. The fraction of sp³-hybridized carbons (Fsp3) is 0.429. The second-order valence-electron chi connectivity index (χ2n) is 7.85. The van der Waals surface area contributed by atoms with Crippen molar-refractivity contribution in [3.05, 3.63) is 53.7 Å². The number of pyridine rings is 1. The molecule has 0 radical (unpaired) electrons. The summed E-state index contributed by atoms with van der Waals surface area (Å²) in [6.45, 7) is 2.94. The Morgan fingerprint density at radius 2 is 1.72 bits per heavy atom. The molecule has 0 aromatic carbocycles. The molecule has 0 unspecified atom stereocenters. The van der Waals surface area contributed by atoms with Crippen LogP contribution in [0.15, 0.2) is 36.7 Å². The van der Waals surface area contributed by atoms with Gasteiger partial charge in [0.1, 0.15) is 11.5 Å². The molecule has 2 aliphatic rings. The van der Waals surface area contributed by atoms with Gasteiger partial charge in [-0.3, -0.25) is 14.0 Å². The molecule has 2 fully saturated rings. The molecule has 150 valence electrons. The van der Waals surface area contributed by atoms with Crippen LogP contribution in [0.5, 0.6) is 0 Å². The van der Waals surface area contributed by atoms with E-state index in [9.17, 15) is 9.59 Å². The van der Waals surface area contributed by atoms with E-state index in [1.165, 1.54) is 0 Å². The number of fused-ring (bicyclic) bond motifs is 1. The SMILES string of the molecule is O=C(c1c[nH]c(C(=O)N2CCCC2)c1)N1CCC(c2nnc3ccccn23)CC1. The summed E-state index contributed by atoms with van der Waals surface area (Å²) in [5.41, 5.74) is 1.91. The predicted octanol–water partition coefficient (Wildman–Crippen LogP) is 2.31. The Labute approximate surface area is 168 Å². The van der Waals surface area contributed by atoms with E-state index in [0.29, 0.717) is 24.3 Å². The maximum atomic E-state index is 12.9. The number of aromatic nitrogens is 4. The van der Waals surface area contributed by atoms with Crippen LogP contribution in [0.2, 0.25) is 0 Å². The number of amides is 2. The van der Waals surface area contributed by atoms with Crippen molar-refractivity contribution in [3.63, 3.8) is 0 Å². The number of likely N-dealkylation sites (tertiary alicyclic amines) is 2. The van der Waals surface area contributed by atoms with Crippen LogP contribution in [-0.4, -0.2) is 67.4 Å². The van der Waals surface area contributed by atoms with Gasteiger partial charge in [-0.05, 0) is 43.9 Å². The maximum absolute atomic E-state index is 12.9. The summed E-state index contributed by atoms with van der Waals surface area (Å²) in [5, 5.41) is 8.61. The molecule has 5 rings (SSSR count). The third-order valence-corrected chi connectivity index (χ3v) is 6.04. The molecule has 0 aliphatic carbocycles. The van der Waals surface area contributed by atoms with E-state index in [-0.39, 0.29) is 17.7 Å². The van der Waals surface area contributed by atoms with E-state index in [0.717, 1.165) is 50.2 Å². The molecule has 0 saturated carbocycles. The standard InChI is InChI=1S/C21H24N6O2/c28-20(16-13-17(22-14-16)21(29)25-8-3-4-9-25)26-11-6-15(7-12-26)19-24-23-18-5-1-2-10-27(18)19/h1-2,5,10,13-15,22H,3-4,6-9,11-12H2. The zero-order chi connectivity index (χ0) is 19.8. The highest BCUT2D eigenvalue weighted by Crippen LogP contribution is 2.28. The third kappa shape index (κ3) is 3.28. The molecule has 0 bridgehead atoms. The molecule has 2 saturated heterocycles. The van der Waals surface area contributed by atoms with Crippen LogP contribution in [0.4, 0.5) is 0 Å². The Kier molecular flexibility index (Phi) is 4.54. The zero-order valence-corrected chi connectivity index (χ0v) is 16.3. The predicted molar refractivity (Wildman–Crippen MR) is 107 cm³/mol. The van der Waals surface area contributed by atoms with Gasteiger partial charge in [-0.25, -0.2) is 0 Å². The van der Waals surface area contributed by atoms with Crippen molar-refractivity contribution in [3.8, 4) is 0 Å². The van der Waals surface area contributed by atoms with Gasteiger partial charge < -0.3 is 14.8 Å². The molecule has 3 aromatic rings. The lowest BCUT2D eigenvalue weighted by molar-refractivity contribution is 0.0711. The summed E-state index contributed by atoms with van der Waals surface area (Å²) in [5.74, 6) is 1.22. The number of H-pyrrole nitrogens is 1. The highest BCUT2D eigenvalue weighted by molar-refractivity contribution is 5.99. The fourth-order valence-electron chi connectivity index (χ4n) is 4.39. The van der Waals surface area contributed by atoms with E-state index in [4.69, 9.17) is 0 Å². The van der Waals surface area contributed by atoms with Gasteiger partial charge in [0.15, 0.2) is 5.65 Å². The van der Waals surface area contributed by atoms with Crippen LogP contribution in [0.1, 0.15) is 58.3 Å². The van der Waals surface area contributed by atoms with Crippen molar-refractivity contribution in [2.75, 3.05) is 26.2 Å². The number of aromatic amines is 1. The van der Waals surface area contributed by atoms with E-state index >= 15 is 0 Å². The zero-order valence-electron chi connectivity index (χ0n) is 16.3. The number of hydrogen-bond donors (Lipinski definition) is 1.